The number of anilines is 1. The van der Waals surface area contributed by atoms with Crippen molar-refractivity contribution in [3.63, 3.8) is 0 Å². The smallest absolute Gasteiger partial charge is 0.295 e. The first-order chi connectivity index (χ1) is 15.8. The van der Waals surface area contributed by atoms with E-state index in [0.717, 1.165) is 0 Å². The van der Waals surface area contributed by atoms with Gasteiger partial charge in [0.1, 0.15) is 18.7 Å². The van der Waals surface area contributed by atoms with Gasteiger partial charge in [-0.15, -0.1) is 0 Å². The van der Waals surface area contributed by atoms with Crippen LogP contribution in [0.15, 0.2) is 29.7 Å². The number of pyridine rings is 1. The first kappa shape index (κ1) is 23.9. The number of hydrazine groups is 1. The van der Waals surface area contributed by atoms with Gasteiger partial charge in [-0.1, -0.05) is 6.58 Å². The Morgan fingerprint density at radius 2 is 1.94 bits per heavy atom. The third-order valence-electron chi connectivity index (χ3n) is 5.15. The fraction of sp³-hybridized carbons (Fsp3) is 0.381. The number of ether oxygens (including phenoxy) is 2. The van der Waals surface area contributed by atoms with Crippen molar-refractivity contribution < 1.29 is 23.9 Å². The molecule has 2 aromatic rings. The van der Waals surface area contributed by atoms with E-state index in [0.29, 0.717) is 35.4 Å². The van der Waals surface area contributed by atoms with E-state index in [1.165, 1.54) is 42.9 Å². The number of aromatic amines is 1. The lowest BCUT2D eigenvalue weighted by Gasteiger charge is -2.34. The first-order valence-corrected chi connectivity index (χ1v) is 10.2. The number of hydrogen-bond acceptors (Lipinski definition) is 8. The molecule has 0 saturated carbocycles. The zero-order valence-electron chi connectivity index (χ0n) is 18.8. The number of methoxy groups -OCH3 is 2. The number of piperazine rings is 1. The predicted molar refractivity (Wildman–Crippen MR) is 122 cm³/mol. The van der Waals surface area contributed by atoms with E-state index in [9.17, 15) is 14.4 Å². The molecule has 1 fully saturated rings. The lowest BCUT2D eigenvalue weighted by molar-refractivity contribution is -0.140. The molecule has 3 N–H and O–H groups in total. The standard InChI is InChI=1S/C21H27N7O5/c1-13(2)25-12-28(22)20-18-17(15(33-4)10-24-20)14(9-23-18)19(30)21(31)27-7-5-26(6-8-27)16(29)11-32-3/h9-10,12,23H,1,5-8,11,22H2,2-4H3. The van der Waals surface area contributed by atoms with Crippen LogP contribution >= 0.6 is 0 Å². The highest BCUT2D eigenvalue weighted by Gasteiger charge is 2.31. The quantitative estimate of drug-likeness (QED) is 0.144. The van der Waals surface area contributed by atoms with Crippen molar-refractivity contribution >= 4 is 40.7 Å². The number of fused-ring (bicyclic) bond motifs is 1. The van der Waals surface area contributed by atoms with Crippen molar-refractivity contribution in [2.24, 2.45) is 10.8 Å². The summed E-state index contributed by atoms with van der Waals surface area (Å²) in [5.74, 6) is 5.12. The number of nitrogens with one attached hydrogen (secondary N) is 1. The summed E-state index contributed by atoms with van der Waals surface area (Å²) in [7, 11) is 2.89. The van der Waals surface area contributed by atoms with Crippen LogP contribution in [-0.4, -0.2) is 90.7 Å². The van der Waals surface area contributed by atoms with E-state index >= 15 is 0 Å². The Labute approximate surface area is 190 Å². The lowest BCUT2D eigenvalue weighted by atomic mass is 10.1. The van der Waals surface area contributed by atoms with Gasteiger partial charge in [-0.05, 0) is 6.92 Å². The van der Waals surface area contributed by atoms with Gasteiger partial charge in [0, 0.05) is 45.2 Å². The van der Waals surface area contributed by atoms with Crippen LogP contribution in [0.2, 0.25) is 0 Å². The highest BCUT2D eigenvalue weighted by Crippen LogP contribution is 2.33. The number of rotatable bonds is 8. The minimum Gasteiger partial charge on any atom is -0.494 e. The monoisotopic (exact) mass is 457 g/mol. The van der Waals surface area contributed by atoms with E-state index in [2.05, 4.69) is 21.5 Å². The molecule has 1 aliphatic rings. The number of H-pyrrole nitrogens is 1. The number of carbonyl (C=O) groups is 3. The maximum absolute atomic E-state index is 13.1. The molecule has 0 spiro atoms. The van der Waals surface area contributed by atoms with Gasteiger partial charge in [-0.2, -0.15) is 0 Å². The molecule has 12 nitrogen and oxygen atoms in total. The third-order valence-corrected chi connectivity index (χ3v) is 5.15. The average Bonchev–Trinajstić information content (AvgIpc) is 3.26. The number of ketones is 1. The highest BCUT2D eigenvalue weighted by molar-refractivity contribution is 6.45. The molecule has 33 heavy (non-hydrogen) atoms. The van der Waals surface area contributed by atoms with Crippen molar-refractivity contribution in [3.8, 4) is 5.75 Å². The Morgan fingerprint density at radius 1 is 1.27 bits per heavy atom. The molecule has 0 radical (unpaired) electrons. The van der Waals surface area contributed by atoms with Crippen molar-refractivity contribution in [2.75, 3.05) is 52.0 Å². The number of nitrogens with two attached hydrogens (primary N) is 1. The van der Waals surface area contributed by atoms with Gasteiger partial charge < -0.3 is 24.3 Å². The predicted octanol–water partition coefficient (Wildman–Crippen LogP) is 0.313. The van der Waals surface area contributed by atoms with Crippen LogP contribution in [0, 0.1) is 0 Å². The van der Waals surface area contributed by atoms with E-state index in [-0.39, 0.29) is 37.0 Å². The summed E-state index contributed by atoms with van der Waals surface area (Å²) in [6.45, 7) is 6.54. The van der Waals surface area contributed by atoms with Gasteiger partial charge in [0.15, 0.2) is 5.82 Å². The van der Waals surface area contributed by atoms with Gasteiger partial charge in [0.25, 0.3) is 11.7 Å². The molecule has 1 saturated heterocycles. The van der Waals surface area contributed by atoms with Gasteiger partial charge >= 0.3 is 0 Å². The van der Waals surface area contributed by atoms with Crippen LogP contribution in [0.25, 0.3) is 10.9 Å². The lowest BCUT2D eigenvalue weighted by Crippen LogP contribution is -2.52. The zero-order chi connectivity index (χ0) is 24.1. The molecular weight excluding hydrogens is 430 g/mol. The molecule has 12 heteroatoms. The first-order valence-electron chi connectivity index (χ1n) is 10.2. The van der Waals surface area contributed by atoms with E-state index in [1.54, 1.807) is 11.8 Å². The Balaban J connectivity index is 1.85. The summed E-state index contributed by atoms with van der Waals surface area (Å²) in [6, 6.07) is 0. The second kappa shape index (κ2) is 10.2. The number of hydrogen-bond donors (Lipinski definition) is 2. The van der Waals surface area contributed by atoms with E-state index in [4.69, 9.17) is 15.3 Å². The average molecular weight is 457 g/mol. The third kappa shape index (κ3) is 5.02. The number of amides is 2. The van der Waals surface area contributed by atoms with Gasteiger partial charge in [0.05, 0.1) is 29.8 Å². The molecule has 0 aromatic carbocycles. The number of aromatic nitrogens is 2. The number of aliphatic imine (C=N–C) groups is 1. The maximum Gasteiger partial charge on any atom is 0.295 e. The van der Waals surface area contributed by atoms with Crippen molar-refractivity contribution in [1.82, 2.24) is 19.8 Å². The second-order valence-corrected chi connectivity index (χ2v) is 7.42. The summed E-state index contributed by atoms with van der Waals surface area (Å²) in [5.41, 5.74) is 1.10. The van der Waals surface area contributed by atoms with Gasteiger partial charge in [0.2, 0.25) is 5.91 Å². The number of nitrogens with zero attached hydrogens (tertiary/aromatic N) is 5. The molecule has 0 aliphatic carbocycles. The molecule has 2 aromatic heterocycles. The summed E-state index contributed by atoms with van der Waals surface area (Å²) in [4.78, 5) is 52.4. The topological polar surface area (TPSA) is 146 Å². The summed E-state index contributed by atoms with van der Waals surface area (Å²) >= 11 is 0. The molecular formula is C21H27N7O5. The minimum absolute atomic E-state index is 0.0202. The van der Waals surface area contributed by atoms with E-state index in [1.807, 2.05) is 0 Å². The maximum atomic E-state index is 13.1. The van der Waals surface area contributed by atoms with Crippen LogP contribution in [0.5, 0.6) is 5.75 Å². The van der Waals surface area contributed by atoms with Crippen molar-refractivity contribution in [3.05, 3.63) is 30.2 Å². The molecule has 3 heterocycles. The molecule has 0 atom stereocenters. The van der Waals surface area contributed by atoms with Crippen LogP contribution in [0.1, 0.15) is 17.3 Å². The van der Waals surface area contributed by atoms with Crippen molar-refractivity contribution in [1.29, 1.82) is 0 Å². The van der Waals surface area contributed by atoms with Crippen LogP contribution < -0.4 is 15.6 Å². The fourth-order valence-corrected chi connectivity index (χ4v) is 3.48. The number of allylic oxidation sites excluding steroid dienone is 1. The Hall–Kier alpha value is -3.77. The van der Waals surface area contributed by atoms with Crippen LogP contribution in [0.4, 0.5) is 5.82 Å². The zero-order valence-corrected chi connectivity index (χ0v) is 18.8. The normalized spacial score (nSPS) is 14.1. The van der Waals surface area contributed by atoms with Crippen LogP contribution in [0.3, 0.4) is 0 Å². The minimum atomic E-state index is -0.701. The van der Waals surface area contributed by atoms with Gasteiger partial charge in [-0.25, -0.2) is 20.8 Å². The molecule has 3 rings (SSSR count). The summed E-state index contributed by atoms with van der Waals surface area (Å²) in [5, 5.41) is 1.56. The van der Waals surface area contributed by atoms with Gasteiger partial charge in [-0.3, -0.25) is 14.4 Å². The summed E-state index contributed by atoms with van der Waals surface area (Å²) in [6.07, 6.45) is 4.19. The number of Topliss-reactive ketones (excluding diaryl/α,β-unsaturated/α-hetero) is 1. The Morgan fingerprint density at radius 3 is 2.55 bits per heavy atom. The van der Waals surface area contributed by atoms with E-state index < -0.39 is 11.7 Å². The number of carbonyl (C=O) groups excluding carboxylic acids is 3. The Kier molecular flexibility index (Phi) is 7.41. The SMILES string of the molecule is C=C(C)N=CN(N)c1ncc(OC)c2c(C(=O)C(=O)N3CCN(C(=O)COC)CC3)c[nH]c12. The Bertz CT molecular complexity index is 1100. The highest BCUT2D eigenvalue weighted by atomic mass is 16.5. The second-order valence-electron chi connectivity index (χ2n) is 7.42. The molecule has 0 bridgehead atoms. The van der Waals surface area contributed by atoms with Crippen LogP contribution in [-0.2, 0) is 14.3 Å². The summed E-state index contributed by atoms with van der Waals surface area (Å²) < 4.78 is 10.2. The molecule has 1 aliphatic heterocycles. The van der Waals surface area contributed by atoms with Crippen molar-refractivity contribution in [2.45, 2.75) is 6.92 Å². The molecule has 2 amide bonds. The fourth-order valence-electron chi connectivity index (χ4n) is 3.48. The largest absolute Gasteiger partial charge is 0.494 e. The molecule has 176 valence electrons. The molecule has 0 unspecified atom stereocenters.